The van der Waals surface area contributed by atoms with Crippen molar-refractivity contribution >= 4 is 28.7 Å². The molecule has 0 aliphatic rings. The Morgan fingerprint density at radius 2 is 1.53 bits per heavy atom. The zero-order valence-electron chi connectivity index (χ0n) is 18.3. The molecule has 0 saturated heterocycles. The number of aryl methyl sites for hydroxylation is 1. The first kappa shape index (κ1) is 21.2. The summed E-state index contributed by atoms with van der Waals surface area (Å²) in [5, 5.41) is 2.84. The van der Waals surface area contributed by atoms with E-state index in [1.54, 1.807) is 66.7 Å². The van der Waals surface area contributed by atoms with Crippen molar-refractivity contribution in [3.63, 3.8) is 0 Å². The van der Waals surface area contributed by atoms with E-state index in [0.717, 1.165) is 11.1 Å². The van der Waals surface area contributed by atoms with Gasteiger partial charge >= 0.3 is 5.97 Å². The van der Waals surface area contributed by atoms with Gasteiger partial charge in [0, 0.05) is 17.3 Å². The quantitative estimate of drug-likeness (QED) is 0.253. The van der Waals surface area contributed by atoms with Gasteiger partial charge in [-0.25, -0.2) is 9.78 Å². The molecule has 4 aromatic carbocycles. The number of nitrogens with one attached hydrogen (secondary N) is 1. The lowest BCUT2D eigenvalue weighted by Gasteiger charge is -2.11. The molecule has 0 spiro atoms. The van der Waals surface area contributed by atoms with E-state index in [1.807, 2.05) is 37.3 Å². The van der Waals surface area contributed by atoms with Crippen LogP contribution < -0.4 is 10.1 Å². The van der Waals surface area contributed by atoms with Crippen LogP contribution in [0.1, 0.15) is 26.3 Å². The average Bonchev–Trinajstić information content (AvgIpc) is 3.31. The van der Waals surface area contributed by atoms with Crippen molar-refractivity contribution in [2.24, 2.45) is 0 Å². The summed E-state index contributed by atoms with van der Waals surface area (Å²) in [5.74, 6) is -0.253. The van der Waals surface area contributed by atoms with E-state index in [2.05, 4.69) is 10.3 Å². The van der Waals surface area contributed by atoms with Crippen LogP contribution in [0.5, 0.6) is 5.75 Å². The van der Waals surface area contributed by atoms with E-state index < -0.39 is 5.97 Å². The van der Waals surface area contributed by atoms with Crippen molar-refractivity contribution in [1.29, 1.82) is 0 Å². The van der Waals surface area contributed by atoms with Crippen LogP contribution in [0.2, 0.25) is 0 Å². The normalized spacial score (nSPS) is 10.7. The van der Waals surface area contributed by atoms with Gasteiger partial charge in [0.2, 0.25) is 5.89 Å². The largest absolute Gasteiger partial charge is 0.436 e. The molecule has 0 fully saturated rings. The number of carbonyl (C=O) groups excluding carboxylic acids is 2. The Kier molecular flexibility index (Phi) is 5.62. The van der Waals surface area contributed by atoms with Gasteiger partial charge in [-0.15, -0.1) is 0 Å². The molecule has 0 atom stereocenters. The van der Waals surface area contributed by atoms with E-state index >= 15 is 0 Å². The van der Waals surface area contributed by atoms with Crippen molar-refractivity contribution in [2.45, 2.75) is 6.92 Å². The Labute approximate surface area is 195 Å². The Balaban J connectivity index is 1.53. The molecule has 6 heteroatoms. The maximum atomic E-state index is 12.8. The van der Waals surface area contributed by atoms with Crippen molar-refractivity contribution in [2.75, 3.05) is 5.32 Å². The van der Waals surface area contributed by atoms with E-state index in [0.29, 0.717) is 33.9 Å². The highest BCUT2D eigenvalue weighted by Crippen LogP contribution is 2.35. The van der Waals surface area contributed by atoms with Gasteiger partial charge in [-0.05, 0) is 55.0 Å². The van der Waals surface area contributed by atoms with E-state index in [-0.39, 0.29) is 11.7 Å². The minimum absolute atomic E-state index is 0.226. The van der Waals surface area contributed by atoms with Crippen LogP contribution >= 0.6 is 0 Å². The number of fused-ring (bicyclic) bond motifs is 1. The molecule has 1 aromatic heterocycles. The molecule has 6 nitrogen and oxygen atoms in total. The summed E-state index contributed by atoms with van der Waals surface area (Å²) in [6.07, 6.45) is 0. The smallest absolute Gasteiger partial charge is 0.343 e. The Morgan fingerprint density at radius 3 is 2.24 bits per heavy atom. The second-order valence-corrected chi connectivity index (χ2v) is 7.73. The first-order valence-corrected chi connectivity index (χ1v) is 10.7. The van der Waals surface area contributed by atoms with Crippen LogP contribution in [-0.2, 0) is 0 Å². The fraction of sp³-hybridized carbons (Fsp3) is 0.0357. The number of oxazole rings is 1. The molecular formula is C28H20N2O4. The highest BCUT2D eigenvalue weighted by molar-refractivity contribution is 6.04. The summed E-state index contributed by atoms with van der Waals surface area (Å²) in [6.45, 7) is 1.95. The fourth-order valence-electron chi connectivity index (χ4n) is 3.59. The number of nitrogens with zero attached hydrogens (tertiary/aromatic N) is 1. The van der Waals surface area contributed by atoms with Gasteiger partial charge in [0.15, 0.2) is 5.58 Å². The minimum atomic E-state index is -0.527. The molecule has 0 saturated carbocycles. The van der Waals surface area contributed by atoms with E-state index in [9.17, 15) is 9.59 Å². The number of anilines is 1. The summed E-state index contributed by atoms with van der Waals surface area (Å²) in [5.41, 5.74) is 4.24. The van der Waals surface area contributed by atoms with Gasteiger partial charge in [-0.3, -0.25) is 4.79 Å². The van der Waals surface area contributed by atoms with Crippen molar-refractivity contribution in [3.05, 3.63) is 114 Å². The predicted molar refractivity (Wildman–Crippen MR) is 130 cm³/mol. The zero-order valence-corrected chi connectivity index (χ0v) is 18.3. The second kappa shape index (κ2) is 9.03. The predicted octanol–water partition coefficient (Wildman–Crippen LogP) is 6.27. The van der Waals surface area contributed by atoms with Crippen LogP contribution in [-0.4, -0.2) is 16.9 Å². The number of rotatable bonds is 5. The molecule has 1 N–H and O–H groups in total. The Bertz CT molecular complexity index is 1490. The van der Waals surface area contributed by atoms with Crippen molar-refractivity contribution in [1.82, 2.24) is 4.98 Å². The van der Waals surface area contributed by atoms with Gasteiger partial charge in [0.25, 0.3) is 5.91 Å². The summed E-state index contributed by atoms with van der Waals surface area (Å²) < 4.78 is 11.7. The summed E-state index contributed by atoms with van der Waals surface area (Å²) in [6, 6.07) is 28.3. The molecule has 0 bridgehead atoms. The first-order chi connectivity index (χ1) is 16.6. The molecule has 0 aliphatic carbocycles. The van der Waals surface area contributed by atoms with Crippen LogP contribution in [0.4, 0.5) is 5.69 Å². The van der Waals surface area contributed by atoms with Crippen LogP contribution in [0.15, 0.2) is 101 Å². The van der Waals surface area contributed by atoms with Gasteiger partial charge in [0.1, 0.15) is 11.3 Å². The number of hydrogen-bond donors (Lipinski definition) is 1. The number of aromatic nitrogens is 1. The lowest BCUT2D eigenvalue weighted by atomic mass is 10.1. The molecule has 1 heterocycles. The molecule has 0 unspecified atom stereocenters. The number of amides is 1. The van der Waals surface area contributed by atoms with Crippen molar-refractivity contribution in [3.8, 4) is 17.2 Å². The second-order valence-electron chi connectivity index (χ2n) is 7.73. The van der Waals surface area contributed by atoms with Crippen LogP contribution in [0.3, 0.4) is 0 Å². The Hall–Kier alpha value is -4.71. The number of benzene rings is 4. The first-order valence-electron chi connectivity index (χ1n) is 10.7. The summed E-state index contributed by atoms with van der Waals surface area (Å²) in [7, 11) is 0. The topological polar surface area (TPSA) is 81.4 Å². The van der Waals surface area contributed by atoms with Gasteiger partial charge in [-0.2, -0.15) is 0 Å². The van der Waals surface area contributed by atoms with Crippen molar-refractivity contribution < 1.29 is 18.7 Å². The molecule has 1 amide bonds. The highest BCUT2D eigenvalue weighted by Gasteiger charge is 2.19. The van der Waals surface area contributed by atoms with Gasteiger partial charge < -0.3 is 14.5 Å². The standard InChI is InChI=1S/C28H20N2O4/c1-18-9-8-14-23-25(18)30-27(33-23)22-16-15-21(29-26(31)19-10-4-2-5-11-19)17-24(22)34-28(32)20-12-6-3-7-13-20/h2-17H,1H3,(H,29,31). The molecule has 0 radical (unpaired) electrons. The van der Waals surface area contributed by atoms with Crippen LogP contribution in [0.25, 0.3) is 22.6 Å². The maximum Gasteiger partial charge on any atom is 0.343 e. The number of carbonyl (C=O) groups is 2. The highest BCUT2D eigenvalue weighted by atomic mass is 16.5. The third-order valence-corrected chi connectivity index (χ3v) is 5.34. The molecule has 166 valence electrons. The van der Waals surface area contributed by atoms with Gasteiger partial charge in [-0.1, -0.05) is 48.5 Å². The summed E-state index contributed by atoms with van der Waals surface area (Å²) >= 11 is 0. The molecular weight excluding hydrogens is 428 g/mol. The molecule has 34 heavy (non-hydrogen) atoms. The number of ether oxygens (including phenoxy) is 1. The third-order valence-electron chi connectivity index (χ3n) is 5.34. The lowest BCUT2D eigenvalue weighted by molar-refractivity contribution is 0.0735. The monoisotopic (exact) mass is 448 g/mol. The maximum absolute atomic E-state index is 12.8. The average molecular weight is 448 g/mol. The SMILES string of the molecule is Cc1cccc2oc(-c3ccc(NC(=O)c4ccccc4)cc3OC(=O)c3ccccc3)nc12. The third kappa shape index (κ3) is 4.29. The number of esters is 1. The fourth-order valence-corrected chi connectivity index (χ4v) is 3.59. The summed E-state index contributed by atoms with van der Waals surface area (Å²) in [4.78, 5) is 30.1. The van der Waals surface area contributed by atoms with Gasteiger partial charge in [0.05, 0.1) is 11.1 Å². The van der Waals surface area contributed by atoms with E-state index in [4.69, 9.17) is 9.15 Å². The number of hydrogen-bond acceptors (Lipinski definition) is 5. The minimum Gasteiger partial charge on any atom is -0.436 e. The molecule has 5 aromatic rings. The van der Waals surface area contributed by atoms with E-state index in [1.165, 1.54) is 0 Å². The molecule has 0 aliphatic heterocycles. The molecule has 5 rings (SSSR count). The Morgan fingerprint density at radius 1 is 0.824 bits per heavy atom. The zero-order chi connectivity index (χ0) is 23.5. The lowest BCUT2D eigenvalue weighted by Crippen LogP contribution is -2.13. The van der Waals surface area contributed by atoms with Crippen LogP contribution in [0, 0.1) is 6.92 Å². The number of para-hydroxylation sites is 1.